The molecule has 0 aliphatic carbocycles. The molecule has 6 nitrogen and oxygen atoms in total. The molecule has 0 saturated carbocycles. The van der Waals surface area contributed by atoms with Crippen LogP contribution >= 0.6 is 27.7 Å². The minimum atomic E-state index is -0.119. The van der Waals surface area contributed by atoms with E-state index < -0.39 is 0 Å². The van der Waals surface area contributed by atoms with Crippen LogP contribution in [0.5, 0.6) is 0 Å². The van der Waals surface area contributed by atoms with Gasteiger partial charge in [0.25, 0.3) is 0 Å². The Morgan fingerprint density at radius 3 is 2.71 bits per heavy atom. The smallest absolute Gasteiger partial charge is 0.221 e. The normalized spacial score (nSPS) is 10.6. The van der Waals surface area contributed by atoms with Gasteiger partial charge in [-0.1, -0.05) is 45.9 Å². The Morgan fingerprint density at radius 1 is 1.18 bits per heavy atom. The molecule has 0 unspecified atom stereocenters. The van der Waals surface area contributed by atoms with Gasteiger partial charge in [0.1, 0.15) is 6.33 Å². The predicted octanol–water partition coefficient (Wildman–Crippen LogP) is 4.74. The van der Waals surface area contributed by atoms with E-state index in [-0.39, 0.29) is 11.7 Å². The van der Waals surface area contributed by atoms with Gasteiger partial charge in [0.2, 0.25) is 5.91 Å². The molecule has 0 atom stereocenters. The van der Waals surface area contributed by atoms with Gasteiger partial charge in [-0.15, -0.1) is 10.2 Å². The van der Waals surface area contributed by atoms with Crippen LogP contribution in [0.3, 0.4) is 0 Å². The van der Waals surface area contributed by atoms with Gasteiger partial charge in [-0.2, -0.15) is 0 Å². The lowest BCUT2D eigenvalue weighted by molar-refractivity contribution is -0.114. The highest BCUT2D eigenvalue weighted by Crippen LogP contribution is 2.23. The van der Waals surface area contributed by atoms with Gasteiger partial charge in [-0.3, -0.25) is 14.2 Å². The SMILES string of the molecule is CC(=O)Nc1cccc(-n2cnnc2SCCCC(=O)c2ccc(Br)cc2)c1. The van der Waals surface area contributed by atoms with E-state index in [1.54, 1.807) is 18.1 Å². The Labute approximate surface area is 175 Å². The number of benzene rings is 2. The second kappa shape index (κ2) is 9.66. The molecule has 0 saturated heterocycles. The molecule has 0 bridgehead atoms. The molecule has 28 heavy (non-hydrogen) atoms. The number of anilines is 1. The summed E-state index contributed by atoms with van der Waals surface area (Å²) in [6.07, 6.45) is 2.88. The van der Waals surface area contributed by atoms with E-state index in [4.69, 9.17) is 0 Å². The van der Waals surface area contributed by atoms with Crippen molar-refractivity contribution in [2.24, 2.45) is 0 Å². The van der Waals surface area contributed by atoms with E-state index in [9.17, 15) is 9.59 Å². The highest BCUT2D eigenvalue weighted by Gasteiger charge is 2.10. The highest BCUT2D eigenvalue weighted by atomic mass is 79.9. The number of hydrogen-bond acceptors (Lipinski definition) is 5. The van der Waals surface area contributed by atoms with Gasteiger partial charge in [0, 0.05) is 34.8 Å². The molecule has 3 rings (SSSR count). The molecule has 0 spiro atoms. The minimum Gasteiger partial charge on any atom is -0.326 e. The zero-order valence-corrected chi connectivity index (χ0v) is 17.7. The summed E-state index contributed by atoms with van der Waals surface area (Å²) < 4.78 is 2.83. The fourth-order valence-corrected chi connectivity index (χ4v) is 3.75. The number of ketones is 1. The number of nitrogens with zero attached hydrogens (tertiary/aromatic N) is 3. The molecule has 8 heteroatoms. The molecular weight excluding hydrogens is 440 g/mol. The Morgan fingerprint density at radius 2 is 1.96 bits per heavy atom. The zero-order chi connectivity index (χ0) is 19.9. The summed E-state index contributed by atoms with van der Waals surface area (Å²) in [6, 6.07) is 14.9. The van der Waals surface area contributed by atoms with Crippen LogP contribution in [-0.2, 0) is 4.79 Å². The lowest BCUT2D eigenvalue weighted by atomic mass is 10.1. The molecule has 0 aliphatic heterocycles. The van der Waals surface area contributed by atoms with Crippen LogP contribution in [0.4, 0.5) is 5.69 Å². The minimum absolute atomic E-state index is 0.119. The fourth-order valence-electron chi connectivity index (χ4n) is 2.61. The average Bonchev–Trinajstić information content (AvgIpc) is 3.14. The Balaban J connectivity index is 1.57. The van der Waals surface area contributed by atoms with Crippen molar-refractivity contribution in [2.75, 3.05) is 11.1 Å². The van der Waals surface area contributed by atoms with Crippen LogP contribution in [0.1, 0.15) is 30.1 Å². The number of thioether (sulfide) groups is 1. The molecule has 1 amide bonds. The van der Waals surface area contributed by atoms with E-state index in [2.05, 4.69) is 31.4 Å². The number of halogens is 1. The first-order valence-corrected chi connectivity index (χ1v) is 10.5. The summed E-state index contributed by atoms with van der Waals surface area (Å²) in [5.74, 6) is 0.773. The molecule has 0 radical (unpaired) electrons. The van der Waals surface area contributed by atoms with Crippen molar-refractivity contribution in [3.8, 4) is 5.69 Å². The number of carbonyl (C=O) groups excluding carboxylic acids is 2. The fraction of sp³-hybridized carbons (Fsp3) is 0.200. The lowest BCUT2D eigenvalue weighted by Crippen LogP contribution is -2.06. The first-order valence-electron chi connectivity index (χ1n) is 8.72. The number of nitrogens with one attached hydrogen (secondary N) is 1. The molecule has 0 fully saturated rings. The number of hydrogen-bond donors (Lipinski definition) is 1. The van der Waals surface area contributed by atoms with Crippen molar-refractivity contribution in [1.29, 1.82) is 0 Å². The predicted molar refractivity (Wildman–Crippen MR) is 114 cm³/mol. The topological polar surface area (TPSA) is 76.9 Å². The monoisotopic (exact) mass is 458 g/mol. The third-order valence-electron chi connectivity index (χ3n) is 3.91. The molecule has 1 N–H and O–H groups in total. The molecule has 1 heterocycles. The second-order valence-corrected chi connectivity index (χ2v) is 8.07. The maximum atomic E-state index is 12.2. The Bertz CT molecular complexity index is 972. The van der Waals surface area contributed by atoms with Crippen molar-refractivity contribution < 1.29 is 9.59 Å². The largest absolute Gasteiger partial charge is 0.326 e. The number of rotatable bonds is 8. The number of Topliss-reactive ketones (excluding diaryl/α,β-unsaturated/α-hetero) is 1. The van der Waals surface area contributed by atoms with Crippen molar-refractivity contribution in [1.82, 2.24) is 14.8 Å². The van der Waals surface area contributed by atoms with Gasteiger partial charge in [0.05, 0.1) is 5.69 Å². The molecule has 0 aliphatic rings. The van der Waals surface area contributed by atoms with Crippen LogP contribution < -0.4 is 5.32 Å². The van der Waals surface area contributed by atoms with Crippen LogP contribution in [0.2, 0.25) is 0 Å². The summed E-state index contributed by atoms with van der Waals surface area (Å²) in [5.41, 5.74) is 2.31. The van der Waals surface area contributed by atoms with Crippen LogP contribution in [0.25, 0.3) is 5.69 Å². The standard InChI is InChI=1S/C20H19BrN4O2S/c1-14(26)23-17-4-2-5-18(12-17)25-13-22-24-20(25)28-11-3-6-19(27)15-7-9-16(21)10-8-15/h2,4-5,7-10,12-13H,3,6,11H2,1H3,(H,23,26). The van der Waals surface area contributed by atoms with Gasteiger partial charge < -0.3 is 5.32 Å². The van der Waals surface area contributed by atoms with Crippen LogP contribution in [-0.4, -0.2) is 32.2 Å². The summed E-state index contributed by atoms with van der Waals surface area (Å²) in [6.45, 7) is 1.47. The van der Waals surface area contributed by atoms with Gasteiger partial charge in [0.15, 0.2) is 10.9 Å². The maximum absolute atomic E-state index is 12.2. The number of aromatic nitrogens is 3. The van der Waals surface area contributed by atoms with Crippen molar-refractivity contribution >= 4 is 45.1 Å². The molecule has 3 aromatic rings. The third kappa shape index (κ3) is 5.53. The van der Waals surface area contributed by atoms with Crippen molar-refractivity contribution in [2.45, 2.75) is 24.9 Å². The number of amides is 1. The van der Waals surface area contributed by atoms with Gasteiger partial charge >= 0.3 is 0 Å². The first-order chi connectivity index (χ1) is 13.5. The molecule has 2 aromatic carbocycles. The van der Waals surface area contributed by atoms with Gasteiger partial charge in [-0.25, -0.2) is 0 Å². The van der Waals surface area contributed by atoms with E-state index in [1.165, 1.54) is 6.92 Å². The van der Waals surface area contributed by atoms with Crippen molar-refractivity contribution in [3.63, 3.8) is 0 Å². The third-order valence-corrected chi connectivity index (χ3v) is 5.46. The maximum Gasteiger partial charge on any atom is 0.221 e. The van der Waals surface area contributed by atoms with E-state index in [0.29, 0.717) is 6.42 Å². The van der Waals surface area contributed by atoms with E-state index in [1.807, 2.05) is 53.1 Å². The van der Waals surface area contributed by atoms with Crippen molar-refractivity contribution in [3.05, 3.63) is 64.9 Å². The van der Waals surface area contributed by atoms with Crippen LogP contribution in [0, 0.1) is 0 Å². The Hall–Kier alpha value is -2.45. The summed E-state index contributed by atoms with van der Waals surface area (Å²) in [5, 5.41) is 11.7. The average molecular weight is 459 g/mol. The van der Waals surface area contributed by atoms with E-state index in [0.717, 1.165) is 38.7 Å². The lowest BCUT2D eigenvalue weighted by Gasteiger charge is -2.08. The molecular formula is C20H19BrN4O2S. The summed E-state index contributed by atoms with van der Waals surface area (Å²) >= 11 is 4.92. The second-order valence-electron chi connectivity index (χ2n) is 6.10. The quantitative estimate of drug-likeness (QED) is 0.299. The summed E-state index contributed by atoms with van der Waals surface area (Å²) in [4.78, 5) is 23.5. The summed E-state index contributed by atoms with van der Waals surface area (Å²) in [7, 11) is 0. The van der Waals surface area contributed by atoms with E-state index >= 15 is 0 Å². The highest BCUT2D eigenvalue weighted by molar-refractivity contribution is 9.10. The number of carbonyl (C=O) groups is 2. The van der Waals surface area contributed by atoms with Crippen LogP contribution in [0.15, 0.2) is 64.5 Å². The first kappa shape index (κ1) is 20.3. The molecule has 144 valence electrons. The zero-order valence-electron chi connectivity index (χ0n) is 15.3. The Kier molecular flexibility index (Phi) is 7.00. The van der Waals surface area contributed by atoms with Gasteiger partial charge in [-0.05, 0) is 36.8 Å². The molecule has 1 aromatic heterocycles.